The topological polar surface area (TPSA) is 103 Å². The van der Waals surface area contributed by atoms with Gasteiger partial charge in [0, 0.05) is 30.0 Å². The fraction of sp³-hybridized carbons (Fsp3) is 0.292. The van der Waals surface area contributed by atoms with Gasteiger partial charge in [-0.25, -0.2) is 4.39 Å². The minimum absolute atomic E-state index is 0.0225. The number of ether oxygens (including phenoxy) is 1. The van der Waals surface area contributed by atoms with Gasteiger partial charge in [0.05, 0.1) is 25.7 Å². The van der Waals surface area contributed by atoms with Gasteiger partial charge in [0.15, 0.2) is 5.43 Å². The number of piperidine rings is 1. The first kappa shape index (κ1) is 23.3. The van der Waals surface area contributed by atoms with E-state index in [9.17, 15) is 24.6 Å². The standard InChI is InChI=1S/C24H23ClFNO6/c1-27(31)8-7-15(20(30)12-27)22-21(32-2)11-19(29)23-18(28)10-14(33-24(22)23)5-3-13-4-6-17(26)16(25)9-13/h3-6,9-11,15,20,29-30H,7-8,12H2,1-2H3/b5-3+/t15-,20+,27?/m0/s1. The zero-order valence-electron chi connectivity index (χ0n) is 18.0. The first-order chi connectivity index (χ1) is 15.6. The molecule has 0 bridgehead atoms. The number of hydrogen-bond acceptors (Lipinski definition) is 6. The Morgan fingerprint density at radius 1 is 1.30 bits per heavy atom. The van der Waals surface area contributed by atoms with Crippen LogP contribution in [0.3, 0.4) is 0 Å². The van der Waals surface area contributed by atoms with Crippen molar-refractivity contribution in [2.45, 2.75) is 18.4 Å². The number of aliphatic hydroxyl groups excluding tert-OH is 1. The molecule has 0 radical (unpaired) electrons. The molecule has 1 aromatic heterocycles. The molecule has 1 aliphatic heterocycles. The number of phenols is 1. The first-order valence-corrected chi connectivity index (χ1v) is 10.7. The van der Waals surface area contributed by atoms with E-state index in [-0.39, 0.29) is 46.3 Å². The molecular formula is C24H23ClFNO6. The van der Waals surface area contributed by atoms with E-state index in [1.807, 2.05) is 0 Å². The molecule has 1 unspecified atom stereocenters. The number of likely N-dealkylation sites (tertiary alicyclic amines) is 1. The second-order valence-corrected chi connectivity index (χ2v) is 8.81. The molecule has 174 valence electrons. The molecule has 7 nitrogen and oxygen atoms in total. The lowest BCUT2D eigenvalue weighted by Crippen LogP contribution is -2.51. The maximum absolute atomic E-state index is 13.4. The van der Waals surface area contributed by atoms with Crippen molar-refractivity contribution in [2.75, 3.05) is 27.2 Å². The molecule has 0 spiro atoms. The molecule has 1 fully saturated rings. The summed E-state index contributed by atoms with van der Waals surface area (Å²) in [4.78, 5) is 12.9. The van der Waals surface area contributed by atoms with E-state index in [0.717, 1.165) is 0 Å². The normalized spacial score (nSPS) is 23.3. The number of benzene rings is 2. The number of hydrogen-bond donors (Lipinski definition) is 2. The van der Waals surface area contributed by atoms with Crippen LogP contribution in [0.25, 0.3) is 23.1 Å². The number of methoxy groups -OCH3 is 1. The lowest BCUT2D eigenvalue weighted by Gasteiger charge is -2.46. The monoisotopic (exact) mass is 475 g/mol. The molecule has 0 saturated carbocycles. The Labute approximate surface area is 194 Å². The zero-order chi connectivity index (χ0) is 23.9. The van der Waals surface area contributed by atoms with Gasteiger partial charge >= 0.3 is 0 Å². The van der Waals surface area contributed by atoms with Crippen molar-refractivity contribution in [3.8, 4) is 11.5 Å². The Morgan fingerprint density at radius 2 is 2.06 bits per heavy atom. The minimum atomic E-state index is -0.992. The van der Waals surface area contributed by atoms with Crippen molar-refractivity contribution >= 4 is 34.7 Å². The van der Waals surface area contributed by atoms with Crippen LogP contribution in [-0.2, 0) is 0 Å². The van der Waals surface area contributed by atoms with Crippen LogP contribution in [0.15, 0.2) is 39.5 Å². The summed E-state index contributed by atoms with van der Waals surface area (Å²) >= 11 is 5.82. The van der Waals surface area contributed by atoms with Crippen LogP contribution < -0.4 is 10.2 Å². The van der Waals surface area contributed by atoms with Gasteiger partial charge in [0.1, 0.15) is 46.7 Å². The average molecular weight is 476 g/mol. The summed E-state index contributed by atoms with van der Waals surface area (Å²) in [6.07, 6.45) is 2.47. The SMILES string of the molecule is COc1cc(O)c2c(=O)cc(/C=C/c3ccc(F)c(Cl)c3)oc2c1[C@H]1CC[N+](C)([O-])C[C@H]1O. The smallest absolute Gasteiger partial charge is 0.197 e. The number of halogens is 2. The van der Waals surface area contributed by atoms with Crippen LogP contribution in [0.4, 0.5) is 4.39 Å². The van der Waals surface area contributed by atoms with Crippen molar-refractivity contribution in [1.29, 1.82) is 0 Å². The molecule has 2 aromatic carbocycles. The summed E-state index contributed by atoms with van der Waals surface area (Å²) in [5, 5.41) is 33.5. The highest BCUT2D eigenvalue weighted by Gasteiger charge is 2.37. The third-order valence-corrected chi connectivity index (χ3v) is 6.22. The highest BCUT2D eigenvalue weighted by atomic mass is 35.5. The van der Waals surface area contributed by atoms with E-state index in [2.05, 4.69) is 0 Å². The predicted molar refractivity (Wildman–Crippen MR) is 124 cm³/mol. The molecule has 1 aliphatic rings. The number of rotatable bonds is 4. The number of aromatic hydroxyl groups is 1. The molecule has 33 heavy (non-hydrogen) atoms. The molecule has 0 aliphatic carbocycles. The molecule has 4 rings (SSSR count). The van der Waals surface area contributed by atoms with Crippen LogP contribution in [-0.4, -0.2) is 48.2 Å². The fourth-order valence-corrected chi connectivity index (χ4v) is 4.47. The van der Waals surface area contributed by atoms with Crippen LogP contribution in [0.5, 0.6) is 11.5 Å². The van der Waals surface area contributed by atoms with Crippen molar-refractivity contribution < 1.29 is 28.4 Å². The molecule has 3 aromatic rings. The third-order valence-electron chi connectivity index (χ3n) is 5.93. The molecule has 0 amide bonds. The van der Waals surface area contributed by atoms with Gasteiger partial charge < -0.3 is 29.2 Å². The molecule has 2 heterocycles. The van der Waals surface area contributed by atoms with Crippen LogP contribution in [0.1, 0.15) is 29.2 Å². The van der Waals surface area contributed by atoms with Crippen molar-refractivity contribution in [3.05, 3.63) is 73.5 Å². The van der Waals surface area contributed by atoms with Crippen LogP contribution in [0, 0.1) is 11.0 Å². The second-order valence-electron chi connectivity index (χ2n) is 8.40. The highest BCUT2D eigenvalue weighted by molar-refractivity contribution is 6.30. The van der Waals surface area contributed by atoms with Crippen molar-refractivity contribution in [3.63, 3.8) is 0 Å². The summed E-state index contributed by atoms with van der Waals surface area (Å²) in [5.74, 6) is -0.953. The third kappa shape index (κ3) is 4.60. The van der Waals surface area contributed by atoms with Gasteiger partial charge in [-0.05, 0) is 23.8 Å². The number of quaternary nitrogens is 1. The number of likely N-dealkylation sites (N-methyl/N-ethyl adjacent to an activating group) is 1. The number of fused-ring (bicyclic) bond motifs is 1. The summed E-state index contributed by atoms with van der Waals surface area (Å²) in [6, 6.07) is 6.73. The highest BCUT2D eigenvalue weighted by Crippen LogP contribution is 2.43. The van der Waals surface area contributed by atoms with Gasteiger partial charge in [-0.1, -0.05) is 23.7 Å². The minimum Gasteiger partial charge on any atom is -0.633 e. The van der Waals surface area contributed by atoms with Gasteiger partial charge in [-0.15, -0.1) is 0 Å². The molecular weight excluding hydrogens is 453 g/mol. The zero-order valence-corrected chi connectivity index (χ0v) is 18.8. The Hall–Kier alpha value is -2.91. The molecule has 2 N–H and O–H groups in total. The Balaban J connectivity index is 1.86. The first-order valence-electron chi connectivity index (χ1n) is 10.3. The number of nitrogens with zero attached hydrogens (tertiary/aromatic N) is 1. The summed E-state index contributed by atoms with van der Waals surface area (Å²) in [6.45, 7) is 0.244. The van der Waals surface area contributed by atoms with Gasteiger partial charge in [-0.2, -0.15) is 0 Å². The van der Waals surface area contributed by atoms with Gasteiger partial charge in [0.25, 0.3) is 0 Å². The Bertz CT molecular complexity index is 1300. The number of hydroxylamine groups is 3. The van der Waals surface area contributed by atoms with E-state index in [1.54, 1.807) is 6.08 Å². The Kier molecular flexibility index (Phi) is 6.20. The van der Waals surface area contributed by atoms with Gasteiger partial charge in [0.2, 0.25) is 0 Å². The lowest BCUT2D eigenvalue weighted by molar-refractivity contribution is -0.870. The van der Waals surface area contributed by atoms with E-state index in [0.29, 0.717) is 17.5 Å². The molecule has 1 saturated heterocycles. The number of aliphatic hydroxyl groups is 1. The predicted octanol–water partition coefficient (Wildman–Crippen LogP) is 4.26. The lowest BCUT2D eigenvalue weighted by atomic mass is 9.85. The van der Waals surface area contributed by atoms with E-state index in [1.165, 1.54) is 50.6 Å². The summed E-state index contributed by atoms with van der Waals surface area (Å²) in [5.41, 5.74) is 0.620. The average Bonchev–Trinajstić information content (AvgIpc) is 2.74. The molecule has 9 heteroatoms. The largest absolute Gasteiger partial charge is 0.633 e. The van der Waals surface area contributed by atoms with Crippen molar-refractivity contribution in [1.82, 2.24) is 0 Å². The second kappa shape index (κ2) is 8.79. The van der Waals surface area contributed by atoms with Crippen LogP contribution in [0.2, 0.25) is 5.02 Å². The van der Waals surface area contributed by atoms with Gasteiger partial charge in [-0.3, -0.25) is 4.79 Å². The van der Waals surface area contributed by atoms with E-state index < -0.39 is 27.9 Å². The van der Waals surface area contributed by atoms with E-state index >= 15 is 0 Å². The summed E-state index contributed by atoms with van der Waals surface area (Å²) in [7, 11) is 2.91. The fourth-order valence-electron chi connectivity index (χ4n) is 4.28. The van der Waals surface area contributed by atoms with Crippen LogP contribution >= 0.6 is 11.6 Å². The quantitative estimate of drug-likeness (QED) is 0.431. The maximum Gasteiger partial charge on any atom is 0.197 e. The molecule has 3 atom stereocenters. The number of phenolic OH excluding ortho intramolecular Hbond substituents is 1. The maximum atomic E-state index is 13.4. The Morgan fingerprint density at radius 3 is 2.73 bits per heavy atom. The van der Waals surface area contributed by atoms with Crippen molar-refractivity contribution in [2.24, 2.45) is 0 Å². The summed E-state index contributed by atoms with van der Waals surface area (Å²) < 4.78 is 24.3. The van der Waals surface area contributed by atoms with E-state index in [4.69, 9.17) is 20.8 Å².